The number of carbonyl (C=O) groups excluding carboxylic acids is 1. The summed E-state index contributed by atoms with van der Waals surface area (Å²) < 4.78 is 0. The highest BCUT2D eigenvalue weighted by atomic mass is 35.5. The summed E-state index contributed by atoms with van der Waals surface area (Å²) in [6.45, 7) is 0. The molecule has 1 amide bonds. The Kier molecular flexibility index (Phi) is 2.84. The predicted octanol–water partition coefficient (Wildman–Crippen LogP) is 1.84. The molecule has 14 heavy (non-hydrogen) atoms. The first kappa shape index (κ1) is 9.68. The molecule has 0 aromatic heterocycles. The molecule has 5 heteroatoms. The van der Waals surface area contributed by atoms with Crippen molar-refractivity contribution in [2.45, 2.75) is 10.4 Å². The van der Waals surface area contributed by atoms with Crippen molar-refractivity contribution in [3.63, 3.8) is 0 Å². The fourth-order valence-electron chi connectivity index (χ4n) is 1.24. The molecule has 0 aliphatic carbocycles. The molecule has 1 unspecified atom stereocenters. The van der Waals surface area contributed by atoms with Crippen molar-refractivity contribution in [3.05, 3.63) is 24.3 Å². The van der Waals surface area contributed by atoms with E-state index in [1.54, 1.807) is 11.8 Å². The lowest BCUT2D eigenvalue weighted by Gasteiger charge is -2.10. The van der Waals surface area contributed by atoms with Gasteiger partial charge in [0.25, 0.3) is 0 Å². The van der Waals surface area contributed by atoms with E-state index in [0.29, 0.717) is 0 Å². The van der Waals surface area contributed by atoms with E-state index in [9.17, 15) is 4.79 Å². The lowest BCUT2D eigenvalue weighted by atomic mass is 10.3. The van der Waals surface area contributed by atoms with Crippen LogP contribution in [-0.4, -0.2) is 17.3 Å². The topological polar surface area (TPSA) is 41.1 Å². The maximum absolute atomic E-state index is 11.0. The molecule has 1 heterocycles. The third kappa shape index (κ3) is 1.96. The number of alkyl halides is 1. The molecule has 2 rings (SSSR count). The fraction of sp³-hybridized carbons (Fsp3) is 0.222. The van der Waals surface area contributed by atoms with E-state index in [0.717, 1.165) is 10.6 Å². The molecule has 0 saturated heterocycles. The van der Waals surface area contributed by atoms with Gasteiger partial charge in [-0.25, -0.2) is 0 Å². The van der Waals surface area contributed by atoms with Gasteiger partial charge in [0.1, 0.15) is 5.88 Å². The number of carbonyl (C=O) groups is 1. The quantitative estimate of drug-likeness (QED) is 0.759. The Morgan fingerprint density at radius 2 is 2.36 bits per heavy atom. The van der Waals surface area contributed by atoms with E-state index in [4.69, 9.17) is 11.6 Å². The Hall–Kier alpha value is -0.870. The van der Waals surface area contributed by atoms with Crippen LogP contribution in [0.5, 0.6) is 0 Å². The van der Waals surface area contributed by atoms with E-state index in [-0.39, 0.29) is 17.3 Å². The van der Waals surface area contributed by atoms with E-state index in [1.165, 1.54) is 0 Å². The lowest BCUT2D eigenvalue weighted by Crippen LogP contribution is -2.36. The number of hydrogen-bond acceptors (Lipinski definition) is 3. The van der Waals surface area contributed by atoms with Crippen LogP contribution in [0.1, 0.15) is 0 Å². The van der Waals surface area contributed by atoms with Crippen molar-refractivity contribution in [2.24, 2.45) is 0 Å². The fourth-order valence-corrected chi connectivity index (χ4v) is 2.36. The van der Waals surface area contributed by atoms with Crippen molar-refractivity contribution >= 4 is 35.0 Å². The van der Waals surface area contributed by atoms with Crippen LogP contribution in [-0.2, 0) is 4.79 Å². The average molecular weight is 229 g/mol. The first-order chi connectivity index (χ1) is 6.79. The molecule has 3 nitrogen and oxygen atoms in total. The van der Waals surface area contributed by atoms with Gasteiger partial charge in [0, 0.05) is 4.90 Å². The van der Waals surface area contributed by atoms with E-state index in [1.807, 2.05) is 24.3 Å². The minimum atomic E-state index is -0.163. The minimum absolute atomic E-state index is 0.00488. The van der Waals surface area contributed by atoms with Crippen molar-refractivity contribution in [2.75, 3.05) is 11.2 Å². The van der Waals surface area contributed by atoms with Crippen LogP contribution >= 0.6 is 23.4 Å². The standard InChI is InChI=1S/C9H9ClN2OS/c10-5-8(13)12-9-11-6-3-1-2-4-7(6)14-9/h1-4,9,11H,5H2,(H,12,13). The van der Waals surface area contributed by atoms with Gasteiger partial charge in [-0.3, -0.25) is 4.79 Å². The highest BCUT2D eigenvalue weighted by Gasteiger charge is 2.21. The highest BCUT2D eigenvalue weighted by molar-refractivity contribution is 8.00. The summed E-state index contributed by atoms with van der Waals surface area (Å²) in [5.41, 5.74) is 0.955. The number of para-hydroxylation sites is 1. The number of nitrogens with one attached hydrogen (secondary N) is 2. The van der Waals surface area contributed by atoms with E-state index in [2.05, 4.69) is 10.6 Å². The molecule has 1 aromatic carbocycles. The number of amides is 1. The van der Waals surface area contributed by atoms with E-state index < -0.39 is 0 Å². The number of anilines is 1. The maximum Gasteiger partial charge on any atom is 0.237 e. The minimum Gasteiger partial charge on any atom is -0.356 e. The number of benzene rings is 1. The molecule has 1 aliphatic heterocycles. The first-order valence-electron chi connectivity index (χ1n) is 4.17. The van der Waals surface area contributed by atoms with Gasteiger partial charge in [-0.15, -0.1) is 11.6 Å². The summed E-state index contributed by atoms with van der Waals surface area (Å²) in [4.78, 5) is 12.2. The molecule has 0 fully saturated rings. The van der Waals surface area contributed by atoms with Crippen molar-refractivity contribution < 1.29 is 4.79 Å². The van der Waals surface area contributed by atoms with Crippen LogP contribution in [0.25, 0.3) is 0 Å². The Balaban J connectivity index is 2.01. The molecule has 0 saturated carbocycles. The third-order valence-electron chi connectivity index (χ3n) is 1.83. The summed E-state index contributed by atoms with van der Waals surface area (Å²) in [6.07, 6.45) is 0. The lowest BCUT2D eigenvalue weighted by molar-refractivity contribution is -0.118. The van der Waals surface area contributed by atoms with Crippen LogP contribution in [0.4, 0.5) is 5.69 Å². The molecular formula is C9H9ClN2OS. The second kappa shape index (κ2) is 4.11. The van der Waals surface area contributed by atoms with Crippen LogP contribution in [0.3, 0.4) is 0 Å². The summed E-state index contributed by atoms with van der Waals surface area (Å²) >= 11 is 6.97. The SMILES string of the molecule is O=C(CCl)NC1Nc2ccccc2S1. The number of hydrogen-bond donors (Lipinski definition) is 2. The molecule has 1 aromatic rings. The summed E-state index contributed by atoms with van der Waals surface area (Å²) in [6, 6.07) is 7.92. The maximum atomic E-state index is 11.0. The Morgan fingerprint density at radius 1 is 1.57 bits per heavy atom. The first-order valence-corrected chi connectivity index (χ1v) is 5.58. The Labute approximate surface area is 91.2 Å². The predicted molar refractivity (Wildman–Crippen MR) is 58.6 cm³/mol. The smallest absolute Gasteiger partial charge is 0.237 e. The summed E-state index contributed by atoms with van der Waals surface area (Å²) in [5, 5.41) is 5.93. The van der Waals surface area contributed by atoms with Gasteiger partial charge in [0.15, 0.2) is 5.50 Å². The molecule has 1 atom stereocenters. The molecule has 74 valence electrons. The highest BCUT2D eigenvalue weighted by Crippen LogP contribution is 2.36. The second-order valence-electron chi connectivity index (χ2n) is 2.84. The molecule has 0 spiro atoms. The van der Waals surface area contributed by atoms with Crippen LogP contribution in [0.2, 0.25) is 0 Å². The van der Waals surface area contributed by atoms with Gasteiger partial charge in [0.2, 0.25) is 5.91 Å². The molecule has 2 N–H and O–H groups in total. The van der Waals surface area contributed by atoms with Crippen molar-refractivity contribution in [1.82, 2.24) is 5.32 Å². The number of fused-ring (bicyclic) bond motifs is 1. The van der Waals surface area contributed by atoms with Crippen LogP contribution in [0.15, 0.2) is 29.2 Å². The van der Waals surface area contributed by atoms with Crippen LogP contribution in [0, 0.1) is 0 Å². The molecule has 1 aliphatic rings. The monoisotopic (exact) mass is 228 g/mol. The van der Waals surface area contributed by atoms with Gasteiger partial charge in [0.05, 0.1) is 5.69 Å². The Morgan fingerprint density at radius 3 is 3.07 bits per heavy atom. The molecule has 0 bridgehead atoms. The van der Waals surface area contributed by atoms with Gasteiger partial charge in [-0.1, -0.05) is 23.9 Å². The van der Waals surface area contributed by atoms with Gasteiger partial charge >= 0.3 is 0 Å². The number of thioether (sulfide) groups is 1. The van der Waals surface area contributed by atoms with Gasteiger partial charge in [-0.2, -0.15) is 0 Å². The van der Waals surface area contributed by atoms with Gasteiger partial charge < -0.3 is 10.6 Å². The Bertz CT molecular complexity index is 333. The zero-order valence-electron chi connectivity index (χ0n) is 7.29. The summed E-state index contributed by atoms with van der Waals surface area (Å²) in [5.74, 6) is -0.167. The summed E-state index contributed by atoms with van der Waals surface area (Å²) in [7, 11) is 0. The van der Waals surface area contributed by atoms with Crippen molar-refractivity contribution in [3.8, 4) is 0 Å². The number of rotatable bonds is 2. The zero-order valence-corrected chi connectivity index (χ0v) is 8.86. The van der Waals surface area contributed by atoms with Crippen molar-refractivity contribution in [1.29, 1.82) is 0 Å². The van der Waals surface area contributed by atoms with E-state index >= 15 is 0 Å². The zero-order chi connectivity index (χ0) is 9.97. The molecular weight excluding hydrogens is 220 g/mol. The normalized spacial score (nSPS) is 18.5. The largest absolute Gasteiger partial charge is 0.356 e. The second-order valence-corrected chi connectivity index (χ2v) is 4.25. The van der Waals surface area contributed by atoms with Crippen LogP contribution < -0.4 is 10.6 Å². The number of halogens is 1. The third-order valence-corrected chi connectivity index (χ3v) is 3.16. The molecule has 0 radical (unpaired) electrons. The average Bonchev–Trinajstić information content (AvgIpc) is 2.59. The van der Waals surface area contributed by atoms with Gasteiger partial charge in [-0.05, 0) is 12.1 Å².